The van der Waals surface area contributed by atoms with Crippen LogP contribution in [0.4, 0.5) is 0 Å². The van der Waals surface area contributed by atoms with Crippen molar-refractivity contribution < 1.29 is 14.7 Å². The maximum absolute atomic E-state index is 11.9. The summed E-state index contributed by atoms with van der Waals surface area (Å²) in [5.74, 6) is -0.396. The summed E-state index contributed by atoms with van der Waals surface area (Å²) < 4.78 is 0. The van der Waals surface area contributed by atoms with Gasteiger partial charge in [0.2, 0.25) is 5.91 Å². The van der Waals surface area contributed by atoms with Gasteiger partial charge in [-0.25, -0.2) is 0 Å². The molecule has 0 saturated heterocycles. The number of nitrogens with one attached hydrogen (secondary N) is 1. The van der Waals surface area contributed by atoms with E-state index < -0.39 is 5.97 Å². The van der Waals surface area contributed by atoms with Crippen LogP contribution >= 0.6 is 0 Å². The lowest BCUT2D eigenvalue weighted by atomic mass is 9.74. The third-order valence-electron chi connectivity index (χ3n) is 4.03. The highest BCUT2D eigenvalue weighted by molar-refractivity contribution is 5.77. The van der Waals surface area contributed by atoms with Gasteiger partial charge in [0, 0.05) is 18.4 Å². The summed E-state index contributed by atoms with van der Waals surface area (Å²) in [5.41, 5.74) is -0.0570. The molecular formula is C14H25NO3. The number of aliphatic carboxylic acids is 1. The Morgan fingerprint density at radius 2 is 1.78 bits per heavy atom. The summed E-state index contributed by atoms with van der Waals surface area (Å²) in [6, 6.07) is 0. The lowest BCUT2D eigenvalue weighted by Gasteiger charge is -2.41. The van der Waals surface area contributed by atoms with Crippen LogP contribution in [0.5, 0.6) is 0 Å². The zero-order chi connectivity index (χ0) is 13.6. The second kappa shape index (κ2) is 6.76. The van der Waals surface area contributed by atoms with Crippen LogP contribution in [0.2, 0.25) is 0 Å². The molecule has 104 valence electrons. The molecule has 0 bridgehead atoms. The molecule has 0 aliphatic heterocycles. The van der Waals surface area contributed by atoms with Gasteiger partial charge < -0.3 is 10.4 Å². The van der Waals surface area contributed by atoms with E-state index in [1.807, 2.05) is 0 Å². The normalized spacial score (nSPS) is 18.6. The second-order valence-electron chi connectivity index (χ2n) is 5.67. The number of carbonyl (C=O) groups is 2. The highest BCUT2D eigenvalue weighted by Crippen LogP contribution is 2.34. The summed E-state index contributed by atoms with van der Waals surface area (Å²) in [6.07, 6.45) is 6.52. The molecule has 1 fully saturated rings. The van der Waals surface area contributed by atoms with Gasteiger partial charge in [-0.2, -0.15) is 0 Å². The number of carboxylic acid groups (broad SMARTS) is 1. The molecule has 1 amide bonds. The minimum Gasteiger partial charge on any atom is -0.481 e. The Morgan fingerprint density at radius 3 is 2.28 bits per heavy atom. The molecule has 4 nitrogen and oxygen atoms in total. The topological polar surface area (TPSA) is 66.4 Å². The first kappa shape index (κ1) is 15.0. The van der Waals surface area contributed by atoms with Crippen molar-refractivity contribution >= 4 is 11.9 Å². The summed E-state index contributed by atoms with van der Waals surface area (Å²) in [4.78, 5) is 22.3. The number of hydrogen-bond donors (Lipinski definition) is 2. The van der Waals surface area contributed by atoms with Gasteiger partial charge in [-0.05, 0) is 25.2 Å². The fourth-order valence-corrected chi connectivity index (χ4v) is 2.77. The molecule has 4 heteroatoms. The largest absolute Gasteiger partial charge is 0.481 e. The number of hydrogen-bond acceptors (Lipinski definition) is 2. The molecule has 0 heterocycles. The van der Waals surface area contributed by atoms with E-state index in [1.165, 1.54) is 19.3 Å². The molecule has 0 atom stereocenters. The first-order chi connectivity index (χ1) is 8.46. The van der Waals surface area contributed by atoms with Crippen LogP contribution in [-0.4, -0.2) is 22.5 Å². The van der Waals surface area contributed by atoms with Crippen molar-refractivity contribution in [3.05, 3.63) is 0 Å². The lowest BCUT2D eigenvalue weighted by Crippen LogP contribution is -2.53. The molecule has 1 aliphatic rings. The number of carboxylic acids is 1. The smallest absolute Gasteiger partial charge is 0.303 e. The van der Waals surface area contributed by atoms with Crippen LogP contribution in [0.3, 0.4) is 0 Å². The summed E-state index contributed by atoms with van der Waals surface area (Å²) in [5, 5.41) is 11.7. The van der Waals surface area contributed by atoms with E-state index in [0.29, 0.717) is 18.8 Å². The van der Waals surface area contributed by atoms with E-state index in [9.17, 15) is 9.59 Å². The van der Waals surface area contributed by atoms with E-state index in [0.717, 1.165) is 12.8 Å². The maximum Gasteiger partial charge on any atom is 0.303 e. The number of amides is 1. The van der Waals surface area contributed by atoms with Gasteiger partial charge in [-0.1, -0.05) is 33.1 Å². The third kappa shape index (κ3) is 4.31. The van der Waals surface area contributed by atoms with Crippen molar-refractivity contribution in [2.75, 3.05) is 0 Å². The molecule has 0 radical (unpaired) electrons. The van der Waals surface area contributed by atoms with Crippen LogP contribution < -0.4 is 5.32 Å². The van der Waals surface area contributed by atoms with Gasteiger partial charge in [0.15, 0.2) is 0 Å². The quantitative estimate of drug-likeness (QED) is 0.767. The van der Waals surface area contributed by atoms with E-state index in [-0.39, 0.29) is 17.9 Å². The zero-order valence-electron chi connectivity index (χ0n) is 11.5. The highest BCUT2D eigenvalue weighted by Gasteiger charge is 2.36. The molecule has 1 saturated carbocycles. The van der Waals surface area contributed by atoms with Gasteiger partial charge in [-0.15, -0.1) is 0 Å². The van der Waals surface area contributed by atoms with Crippen molar-refractivity contribution in [2.45, 2.75) is 70.8 Å². The predicted molar refractivity (Wildman–Crippen MR) is 70.3 cm³/mol. The van der Waals surface area contributed by atoms with E-state index in [1.54, 1.807) is 0 Å². The van der Waals surface area contributed by atoms with Crippen LogP contribution in [0.1, 0.15) is 65.2 Å². The van der Waals surface area contributed by atoms with Crippen molar-refractivity contribution in [2.24, 2.45) is 5.92 Å². The molecule has 18 heavy (non-hydrogen) atoms. The van der Waals surface area contributed by atoms with Gasteiger partial charge >= 0.3 is 5.97 Å². The molecule has 0 aromatic heterocycles. The molecule has 0 unspecified atom stereocenters. The maximum atomic E-state index is 11.9. The van der Waals surface area contributed by atoms with Crippen LogP contribution in [0, 0.1) is 5.92 Å². The molecule has 0 aromatic carbocycles. The SMILES string of the molecule is CC(C)C1(NC(=O)CCCC(=O)O)CCCCC1. The van der Waals surface area contributed by atoms with E-state index in [4.69, 9.17) is 5.11 Å². The first-order valence-electron chi connectivity index (χ1n) is 6.99. The summed E-state index contributed by atoms with van der Waals surface area (Å²) >= 11 is 0. The van der Waals surface area contributed by atoms with Crippen molar-refractivity contribution in [1.29, 1.82) is 0 Å². The number of rotatable bonds is 6. The first-order valence-corrected chi connectivity index (χ1v) is 6.99. The zero-order valence-corrected chi connectivity index (χ0v) is 11.5. The van der Waals surface area contributed by atoms with E-state index in [2.05, 4.69) is 19.2 Å². The molecule has 0 aromatic rings. The van der Waals surface area contributed by atoms with Crippen molar-refractivity contribution in [3.8, 4) is 0 Å². The average molecular weight is 255 g/mol. The fourth-order valence-electron chi connectivity index (χ4n) is 2.77. The lowest BCUT2D eigenvalue weighted by molar-refractivity contribution is -0.137. The standard InChI is InChI=1S/C14H25NO3/c1-11(2)14(9-4-3-5-10-14)15-12(16)7-6-8-13(17)18/h11H,3-10H2,1-2H3,(H,15,16)(H,17,18). The van der Waals surface area contributed by atoms with Gasteiger partial charge in [0.05, 0.1) is 0 Å². The van der Waals surface area contributed by atoms with Crippen LogP contribution in [-0.2, 0) is 9.59 Å². The molecule has 2 N–H and O–H groups in total. The Hall–Kier alpha value is -1.06. The van der Waals surface area contributed by atoms with Crippen molar-refractivity contribution in [3.63, 3.8) is 0 Å². The minimum absolute atomic E-state index is 0.00634. The Morgan fingerprint density at radius 1 is 1.17 bits per heavy atom. The third-order valence-corrected chi connectivity index (χ3v) is 4.03. The Bertz CT molecular complexity index is 293. The summed E-state index contributed by atoms with van der Waals surface area (Å²) in [6.45, 7) is 4.31. The summed E-state index contributed by atoms with van der Waals surface area (Å²) in [7, 11) is 0. The average Bonchev–Trinajstić information content (AvgIpc) is 2.29. The van der Waals surface area contributed by atoms with Crippen LogP contribution in [0.15, 0.2) is 0 Å². The highest BCUT2D eigenvalue weighted by atomic mass is 16.4. The van der Waals surface area contributed by atoms with Crippen molar-refractivity contribution in [1.82, 2.24) is 5.32 Å². The van der Waals surface area contributed by atoms with Gasteiger partial charge in [-0.3, -0.25) is 9.59 Å². The van der Waals surface area contributed by atoms with Gasteiger partial charge in [0.1, 0.15) is 0 Å². The van der Waals surface area contributed by atoms with Crippen LogP contribution in [0.25, 0.3) is 0 Å². The fraction of sp³-hybridized carbons (Fsp3) is 0.857. The monoisotopic (exact) mass is 255 g/mol. The molecule has 1 rings (SSSR count). The Kier molecular flexibility index (Phi) is 5.63. The second-order valence-corrected chi connectivity index (χ2v) is 5.67. The number of carbonyl (C=O) groups excluding carboxylic acids is 1. The Balaban J connectivity index is 2.45. The van der Waals surface area contributed by atoms with E-state index >= 15 is 0 Å². The van der Waals surface area contributed by atoms with Gasteiger partial charge in [0.25, 0.3) is 0 Å². The minimum atomic E-state index is -0.834. The molecule has 1 aliphatic carbocycles. The Labute approximate surface area is 109 Å². The predicted octanol–water partition coefficient (Wildman–Crippen LogP) is 2.72. The molecule has 0 spiro atoms. The molecular weight excluding hydrogens is 230 g/mol.